The highest BCUT2D eigenvalue weighted by molar-refractivity contribution is 5.72. The van der Waals surface area contributed by atoms with E-state index in [0.717, 1.165) is 11.3 Å². The maximum absolute atomic E-state index is 6.01. The van der Waals surface area contributed by atoms with Gasteiger partial charge in [0.25, 0.3) is 0 Å². The Morgan fingerprint density at radius 3 is 2.38 bits per heavy atom. The van der Waals surface area contributed by atoms with Crippen molar-refractivity contribution < 1.29 is 0 Å². The third kappa shape index (κ3) is 2.50. The number of nitrogens with zero attached hydrogens (tertiary/aromatic N) is 4. The fraction of sp³-hybridized carbons (Fsp3) is 0.188. The summed E-state index contributed by atoms with van der Waals surface area (Å²) in [6, 6.07) is 15.8. The monoisotopic (exact) mass is 279 g/mol. The molecular weight excluding hydrogens is 262 g/mol. The normalized spacial score (nSPS) is 11.0. The van der Waals surface area contributed by atoms with E-state index in [0.29, 0.717) is 17.4 Å². The Balaban J connectivity index is 2.05. The van der Waals surface area contributed by atoms with Crippen LogP contribution in [0.2, 0.25) is 0 Å². The molecule has 0 aliphatic rings. The fourth-order valence-electron chi connectivity index (χ4n) is 2.23. The minimum atomic E-state index is 0.497. The molecule has 3 aromatic rings. The van der Waals surface area contributed by atoms with Gasteiger partial charge in [-0.05, 0) is 46.2 Å². The van der Waals surface area contributed by atoms with Gasteiger partial charge in [0.2, 0.25) is 0 Å². The largest absolute Gasteiger partial charge is 0.398 e. The van der Waals surface area contributed by atoms with E-state index in [1.54, 1.807) is 4.68 Å². The van der Waals surface area contributed by atoms with Crippen LogP contribution in [0.1, 0.15) is 25.3 Å². The standard InChI is InChI=1S/C16H17N5/c1-11(2)12-7-9-13(10-8-12)21-16(18-19-20-21)14-5-3-4-6-15(14)17/h3-11H,17H2,1-2H3. The van der Waals surface area contributed by atoms with Crippen LogP contribution in [-0.4, -0.2) is 20.2 Å². The molecule has 0 bridgehead atoms. The molecular formula is C16H17N5. The number of tetrazole rings is 1. The van der Waals surface area contributed by atoms with E-state index in [-0.39, 0.29) is 0 Å². The molecule has 0 spiro atoms. The van der Waals surface area contributed by atoms with E-state index < -0.39 is 0 Å². The first kappa shape index (κ1) is 13.3. The molecule has 5 heteroatoms. The van der Waals surface area contributed by atoms with Gasteiger partial charge in [0.15, 0.2) is 5.82 Å². The van der Waals surface area contributed by atoms with Crippen LogP contribution in [0.3, 0.4) is 0 Å². The first-order valence-corrected chi connectivity index (χ1v) is 6.90. The highest BCUT2D eigenvalue weighted by atomic mass is 15.5. The van der Waals surface area contributed by atoms with Crippen LogP contribution in [0.25, 0.3) is 17.1 Å². The topological polar surface area (TPSA) is 69.6 Å². The number of nitrogen functional groups attached to an aromatic ring is 1. The number of para-hydroxylation sites is 1. The van der Waals surface area contributed by atoms with Gasteiger partial charge in [-0.2, -0.15) is 4.68 Å². The summed E-state index contributed by atoms with van der Waals surface area (Å²) in [5.74, 6) is 1.14. The van der Waals surface area contributed by atoms with Crippen LogP contribution < -0.4 is 5.73 Å². The van der Waals surface area contributed by atoms with E-state index in [1.807, 2.05) is 36.4 Å². The zero-order chi connectivity index (χ0) is 14.8. The van der Waals surface area contributed by atoms with Gasteiger partial charge >= 0.3 is 0 Å². The maximum atomic E-state index is 6.01. The van der Waals surface area contributed by atoms with Crippen LogP contribution >= 0.6 is 0 Å². The van der Waals surface area contributed by atoms with Gasteiger partial charge < -0.3 is 5.73 Å². The SMILES string of the molecule is CC(C)c1ccc(-n2nnnc2-c2ccccc2N)cc1. The first-order valence-electron chi connectivity index (χ1n) is 6.90. The number of benzene rings is 2. The lowest BCUT2D eigenvalue weighted by Gasteiger charge is -2.09. The number of anilines is 1. The van der Waals surface area contributed by atoms with Gasteiger partial charge in [0.1, 0.15) is 0 Å². The van der Waals surface area contributed by atoms with Crippen molar-refractivity contribution >= 4 is 5.69 Å². The quantitative estimate of drug-likeness (QED) is 0.748. The lowest BCUT2D eigenvalue weighted by molar-refractivity contribution is 0.789. The first-order chi connectivity index (χ1) is 10.2. The zero-order valence-electron chi connectivity index (χ0n) is 12.1. The molecule has 0 fully saturated rings. The minimum Gasteiger partial charge on any atom is -0.398 e. The van der Waals surface area contributed by atoms with Gasteiger partial charge in [-0.15, -0.1) is 5.10 Å². The number of hydrogen-bond donors (Lipinski definition) is 1. The molecule has 0 amide bonds. The number of nitrogens with two attached hydrogens (primary N) is 1. The maximum Gasteiger partial charge on any atom is 0.189 e. The molecule has 5 nitrogen and oxygen atoms in total. The Labute approximate surface area is 123 Å². The fourth-order valence-corrected chi connectivity index (χ4v) is 2.23. The summed E-state index contributed by atoms with van der Waals surface area (Å²) in [5.41, 5.74) is 9.71. The number of hydrogen-bond acceptors (Lipinski definition) is 4. The molecule has 0 saturated heterocycles. The van der Waals surface area contributed by atoms with Crippen molar-refractivity contribution in [3.05, 3.63) is 54.1 Å². The van der Waals surface area contributed by atoms with Crippen molar-refractivity contribution in [1.82, 2.24) is 20.2 Å². The molecule has 106 valence electrons. The summed E-state index contributed by atoms with van der Waals surface area (Å²) in [6.07, 6.45) is 0. The molecule has 0 aliphatic carbocycles. The average molecular weight is 279 g/mol. The summed E-state index contributed by atoms with van der Waals surface area (Å²) < 4.78 is 1.70. The van der Waals surface area contributed by atoms with Crippen LogP contribution in [-0.2, 0) is 0 Å². The Morgan fingerprint density at radius 1 is 1.00 bits per heavy atom. The molecule has 21 heavy (non-hydrogen) atoms. The van der Waals surface area contributed by atoms with Crippen molar-refractivity contribution in [1.29, 1.82) is 0 Å². The summed E-state index contributed by atoms with van der Waals surface area (Å²) in [4.78, 5) is 0. The third-order valence-corrected chi connectivity index (χ3v) is 3.48. The van der Waals surface area contributed by atoms with Crippen molar-refractivity contribution in [2.45, 2.75) is 19.8 Å². The predicted octanol–water partition coefficient (Wildman–Crippen LogP) is 3.03. The van der Waals surface area contributed by atoms with Gasteiger partial charge in [0.05, 0.1) is 5.69 Å². The summed E-state index contributed by atoms with van der Waals surface area (Å²) >= 11 is 0. The van der Waals surface area contributed by atoms with Crippen molar-refractivity contribution in [3.8, 4) is 17.1 Å². The summed E-state index contributed by atoms with van der Waals surface area (Å²) in [7, 11) is 0. The Kier molecular flexibility index (Phi) is 3.39. The van der Waals surface area contributed by atoms with Gasteiger partial charge in [-0.1, -0.05) is 38.1 Å². The molecule has 1 aromatic heterocycles. The number of aromatic nitrogens is 4. The van der Waals surface area contributed by atoms with E-state index in [1.165, 1.54) is 5.56 Å². The highest BCUT2D eigenvalue weighted by Crippen LogP contribution is 2.25. The molecule has 0 saturated carbocycles. The molecule has 3 rings (SSSR count). The average Bonchev–Trinajstić information content (AvgIpc) is 2.97. The van der Waals surface area contributed by atoms with Crippen LogP contribution in [0.4, 0.5) is 5.69 Å². The second kappa shape index (κ2) is 5.36. The Hall–Kier alpha value is -2.69. The second-order valence-electron chi connectivity index (χ2n) is 5.25. The molecule has 2 N–H and O–H groups in total. The third-order valence-electron chi connectivity index (χ3n) is 3.48. The molecule has 1 heterocycles. The minimum absolute atomic E-state index is 0.497. The van der Waals surface area contributed by atoms with Crippen molar-refractivity contribution in [2.75, 3.05) is 5.73 Å². The Bertz CT molecular complexity index is 743. The number of rotatable bonds is 3. The van der Waals surface area contributed by atoms with Gasteiger partial charge in [-0.3, -0.25) is 0 Å². The second-order valence-corrected chi connectivity index (χ2v) is 5.25. The lowest BCUT2D eigenvalue weighted by atomic mass is 10.0. The summed E-state index contributed by atoms with van der Waals surface area (Å²) in [6.45, 7) is 4.34. The smallest absolute Gasteiger partial charge is 0.189 e. The van der Waals surface area contributed by atoms with E-state index >= 15 is 0 Å². The van der Waals surface area contributed by atoms with E-state index in [2.05, 4.69) is 41.5 Å². The van der Waals surface area contributed by atoms with Gasteiger partial charge in [-0.25, -0.2) is 0 Å². The van der Waals surface area contributed by atoms with Crippen molar-refractivity contribution in [2.24, 2.45) is 0 Å². The molecule has 2 aromatic carbocycles. The Morgan fingerprint density at radius 2 is 1.71 bits per heavy atom. The van der Waals surface area contributed by atoms with Crippen molar-refractivity contribution in [3.63, 3.8) is 0 Å². The molecule has 0 radical (unpaired) electrons. The van der Waals surface area contributed by atoms with Crippen LogP contribution in [0.5, 0.6) is 0 Å². The van der Waals surface area contributed by atoms with Gasteiger partial charge in [0, 0.05) is 11.3 Å². The lowest BCUT2D eigenvalue weighted by Crippen LogP contribution is -2.02. The molecule has 0 aliphatic heterocycles. The summed E-state index contributed by atoms with van der Waals surface area (Å²) in [5, 5.41) is 12.0. The predicted molar refractivity (Wildman–Crippen MR) is 83.1 cm³/mol. The molecule has 0 unspecified atom stereocenters. The van der Waals surface area contributed by atoms with Crippen LogP contribution in [0.15, 0.2) is 48.5 Å². The van der Waals surface area contributed by atoms with E-state index in [9.17, 15) is 0 Å². The van der Waals surface area contributed by atoms with Crippen LogP contribution in [0, 0.1) is 0 Å². The zero-order valence-corrected chi connectivity index (χ0v) is 12.1. The molecule has 0 atom stereocenters. The van der Waals surface area contributed by atoms with E-state index in [4.69, 9.17) is 5.73 Å². The highest BCUT2D eigenvalue weighted by Gasteiger charge is 2.13.